The summed E-state index contributed by atoms with van der Waals surface area (Å²) in [5.74, 6) is 2.85. The Morgan fingerprint density at radius 1 is 1.28 bits per heavy atom. The number of nitrogens with one attached hydrogen (secondary N) is 1. The van der Waals surface area contributed by atoms with Crippen molar-refractivity contribution in [3.63, 3.8) is 0 Å². The number of thiophene rings is 1. The van der Waals surface area contributed by atoms with E-state index in [1.165, 1.54) is 40.8 Å². The van der Waals surface area contributed by atoms with Gasteiger partial charge in [0, 0.05) is 17.3 Å². The van der Waals surface area contributed by atoms with Crippen LogP contribution in [-0.2, 0) is 6.42 Å². The summed E-state index contributed by atoms with van der Waals surface area (Å²) in [5.41, 5.74) is 0. The van der Waals surface area contributed by atoms with Crippen LogP contribution in [0.2, 0.25) is 0 Å². The van der Waals surface area contributed by atoms with Gasteiger partial charge < -0.3 is 5.32 Å². The maximum Gasteiger partial charge on any atom is 0.138 e. The average molecular weight is 259 g/mol. The number of hydrogen-bond donors (Lipinski definition) is 1. The lowest BCUT2D eigenvalue weighted by atomic mass is 10.2. The summed E-state index contributed by atoms with van der Waals surface area (Å²) >= 11 is 1.87. The Kier molecular flexibility index (Phi) is 2.34. The molecule has 0 aliphatic heterocycles. The molecule has 0 bridgehead atoms. The summed E-state index contributed by atoms with van der Waals surface area (Å²) in [4.78, 5) is 12.0. The van der Waals surface area contributed by atoms with E-state index in [4.69, 9.17) is 0 Å². The van der Waals surface area contributed by atoms with Crippen molar-refractivity contribution in [2.24, 2.45) is 0 Å². The van der Waals surface area contributed by atoms with Crippen LogP contribution >= 0.6 is 11.3 Å². The van der Waals surface area contributed by atoms with Crippen molar-refractivity contribution in [1.29, 1.82) is 0 Å². The number of hydrogen-bond acceptors (Lipinski definition) is 4. The molecule has 2 aliphatic carbocycles. The second-order valence-corrected chi connectivity index (χ2v) is 6.46. The molecule has 2 aromatic heterocycles. The van der Waals surface area contributed by atoms with Gasteiger partial charge in [-0.3, -0.25) is 0 Å². The molecule has 3 nitrogen and oxygen atoms in total. The summed E-state index contributed by atoms with van der Waals surface area (Å²) in [7, 11) is 0. The van der Waals surface area contributed by atoms with E-state index in [-0.39, 0.29) is 0 Å². The molecule has 94 valence electrons. The van der Waals surface area contributed by atoms with E-state index in [1.807, 2.05) is 11.3 Å². The van der Waals surface area contributed by atoms with Crippen molar-refractivity contribution in [3.05, 3.63) is 16.8 Å². The van der Waals surface area contributed by atoms with Gasteiger partial charge in [-0.1, -0.05) is 6.92 Å². The first-order valence-corrected chi connectivity index (χ1v) is 7.72. The van der Waals surface area contributed by atoms with Gasteiger partial charge in [-0.25, -0.2) is 9.97 Å². The van der Waals surface area contributed by atoms with Crippen molar-refractivity contribution < 1.29 is 0 Å². The fourth-order valence-electron chi connectivity index (χ4n) is 2.24. The summed E-state index contributed by atoms with van der Waals surface area (Å²) < 4.78 is 0. The Morgan fingerprint density at radius 2 is 2.11 bits per heavy atom. The highest BCUT2D eigenvalue weighted by atomic mass is 32.1. The van der Waals surface area contributed by atoms with Gasteiger partial charge in [-0.05, 0) is 37.7 Å². The third-order valence-electron chi connectivity index (χ3n) is 3.67. The second kappa shape index (κ2) is 3.92. The molecule has 2 heterocycles. The van der Waals surface area contributed by atoms with E-state index in [2.05, 4.69) is 28.3 Å². The van der Waals surface area contributed by atoms with E-state index in [1.54, 1.807) is 0 Å². The molecule has 2 fully saturated rings. The normalized spacial score (nSPS) is 19.4. The minimum absolute atomic E-state index is 0.650. The molecule has 0 spiro atoms. The van der Waals surface area contributed by atoms with E-state index in [0.717, 1.165) is 24.0 Å². The molecule has 0 radical (unpaired) electrons. The smallest absolute Gasteiger partial charge is 0.138 e. The highest BCUT2D eigenvalue weighted by Gasteiger charge is 2.28. The number of nitrogens with zero attached hydrogens (tertiary/aromatic N) is 2. The molecule has 0 aromatic carbocycles. The molecule has 0 atom stereocenters. The molecule has 2 aliphatic rings. The van der Waals surface area contributed by atoms with Crippen molar-refractivity contribution in [3.8, 4) is 0 Å². The zero-order valence-corrected chi connectivity index (χ0v) is 11.4. The van der Waals surface area contributed by atoms with Crippen LogP contribution in [0.3, 0.4) is 0 Å². The lowest BCUT2D eigenvalue weighted by Crippen LogP contribution is -2.05. The molecule has 2 saturated carbocycles. The number of rotatable bonds is 4. The van der Waals surface area contributed by atoms with Crippen LogP contribution in [0.1, 0.15) is 49.2 Å². The molecule has 4 rings (SSSR count). The lowest BCUT2D eigenvalue weighted by Gasteiger charge is -2.06. The Bertz CT molecular complexity index is 596. The van der Waals surface area contributed by atoms with Crippen LogP contribution in [0.5, 0.6) is 0 Å². The zero-order valence-electron chi connectivity index (χ0n) is 10.6. The van der Waals surface area contributed by atoms with Gasteiger partial charge in [0.05, 0.1) is 5.39 Å². The first-order valence-electron chi connectivity index (χ1n) is 6.90. The molecule has 0 amide bonds. The predicted octanol–water partition coefficient (Wildman–Crippen LogP) is 3.71. The fourth-order valence-corrected chi connectivity index (χ4v) is 3.46. The molecular formula is C14H17N3S. The standard InChI is InChI=1S/C14H17N3S/c1-2-12-16-13(15-9-5-6-9)10-7-11(8-3-4-8)18-14(10)17-12/h7-9H,2-6H2,1H3,(H,15,16,17). The fraction of sp³-hybridized carbons (Fsp3) is 0.571. The maximum atomic E-state index is 4.68. The lowest BCUT2D eigenvalue weighted by molar-refractivity contribution is 0.956. The van der Waals surface area contributed by atoms with Gasteiger partial charge in [0.15, 0.2) is 0 Å². The predicted molar refractivity (Wildman–Crippen MR) is 75.4 cm³/mol. The quantitative estimate of drug-likeness (QED) is 0.909. The summed E-state index contributed by atoms with van der Waals surface area (Å²) in [6.07, 6.45) is 6.18. The minimum Gasteiger partial charge on any atom is -0.367 e. The van der Waals surface area contributed by atoms with Crippen LogP contribution in [0.15, 0.2) is 6.07 Å². The van der Waals surface area contributed by atoms with Crippen LogP contribution < -0.4 is 5.32 Å². The molecular weight excluding hydrogens is 242 g/mol. The van der Waals surface area contributed by atoms with E-state index in [0.29, 0.717) is 6.04 Å². The summed E-state index contributed by atoms with van der Waals surface area (Å²) in [5, 5.41) is 4.80. The zero-order chi connectivity index (χ0) is 12.1. The van der Waals surface area contributed by atoms with E-state index < -0.39 is 0 Å². The van der Waals surface area contributed by atoms with Crippen LogP contribution in [0.4, 0.5) is 5.82 Å². The monoisotopic (exact) mass is 259 g/mol. The van der Waals surface area contributed by atoms with Gasteiger partial charge in [-0.2, -0.15) is 0 Å². The molecule has 0 saturated heterocycles. The topological polar surface area (TPSA) is 37.8 Å². The minimum atomic E-state index is 0.650. The van der Waals surface area contributed by atoms with Crippen LogP contribution in [0, 0.1) is 0 Å². The van der Waals surface area contributed by atoms with E-state index in [9.17, 15) is 0 Å². The first kappa shape index (κ1) is 10.7. The Morgan fingerprint density at radius 3 is 2.78 bits per heavy atom. The van der Waals surface area contributed by atoms with Gasteiger partial charge >= 0.3 is 0 Å². The Balaban J connectivity index is 1.82. The number of aryl methyl sites for hydroxylation is 1. The van der Waals surface area contributed by atoms with Crippen molar-refractivity contribution in [1.82, 2.24) is 9.97 Å². The van der Waals surface area contributed by atoms with Gasteiger partial charge in [0.25, 0.3) is 0 Å². The second-order valence-electron chi connectivity index (χ2n) is 5.40. The summed E-state index contributed by atoms with van der Waals surface area (Å²) in [6.45, 7) is 2.12. The first-order chi connectivity index (χ1) is 8.83. The third-order valence-corrected chi connectivity index (χ3v) is 4.86. The maximum absolute atomic E-state index is 4.68. The SMILES string of the molecule is CCc1nc(NC2CC2)c2cc(C3CC3)sc2n1. The number of fused-ring (bicyclic) bond motifs is 1. The van der Waals surface area contributed by atoms with E-state index >= 15 is 0 Å². The molecule has 1 N–H and O–H groups in total. The highest BCUT2D eigenvalue weighted by Crippen LogP contribution is 2.45. The van der Waals surface area contributed by atoms with Crippen LogP contribution in [0.25, 0.3) is 10.2 Å². The van der Waals surface area contributed by atoms with Crippen molar-refractivity contribution in [2.45, 2.75) is 51.0 Å². The van der Waals surface area contributed by atoms with Crippen molar-refractivity contribution in [2.75, 3.05) is 5.32 Å². The summed E-state index contributed by atoms with van der Waals surface area (Å²) in [6, 6.07) is 2.97. The van der Waals surface area contributed by atoms with Crippen molar-refractivity contribution >= 4 is 27.4 Å². The highest BCUT2D eigenvalue weighted by molar-refractivity contribution is 7.18. The number of aromatic nitrogens is 2. The Hall–Kier alpha value is -1.16. The Labute approximate surface area is 111 Å². The largest absolute Gasteiger partial charge is 0.367 e. The molecule has 18 heavy (non-hydrogen) atoms. The third kappa shape index (κ3) is 1.88. The van der Waals surface area contributed by atoms with Gasteiger partial charge in [-0.15, -0.1) is 11.3 Å². The number of anilines is 1. The van der Waals surface area contributed by atoms with Gasteiger partial charge in [0.2, 0.25) is 0 Å². The average Bonchev–Trinajstić information content (AvgIpc) is 3.28. The molecule has 2 aromatic rings. The van der Waals surface area contributed by atoms with Gasteiger partial charge in [0.1, 0.15) is 16.5 Å². The molecule has 0 unspecified atom stereocenters. The van der Waals surface area contributed by atoms with Crippen LogP contribution in [-0.4, -0.2) is 16.0 Å². The molecule has 4 heteroatoms.